The van der Waals surface area contributed by atoms with Gasteiger partial charge in [0.15, 0.2) is 0 Å². The Bertz CT molecular complexity index is 1240. The van der Waals surface area contributed by atoms with Crippen LogP contribution in [0, 0.1) is 11.7 Å². The van der Waals surface area contributed by atoms with Crippen molar-refractivity contribution in [2.75, 3.05) is 24.6 Å². The molecule has 1 atom stereocenters. The molecule has 2 aromatic heterocycles. The summed E-state index contributed by atoms with van der Waals surface area (Å²) in [7, 11) is 0. The van der Waals surface area contributed by atoms with E-state index in [1.165, 1.54) is 23.5 Å². The number of imidazole rings is 1. The summed E-state index contributed by atoms with van der Waals surface area (Å²) in [5.74, 6) is 0.550. The van der Waals surface area contributed by atoms with Crippen LogP contribution in [0.25, 0.3) is 16.2 Å². The zero-order chi connectivity index (χ0) is 23.5. The smallest absolute Gasteiger partial charge is 0.225 e. The zero-order valence-electron chi connectivity index (χ0n) is 18.9. The van der Waals surface area contributed by atoms with E-state index in [1.807, 2.05) is 37.4 Å². The van der Waals surface area contributed by atoms with Crippen LogP contribution in [0.15, 0.2) is 54.7 Å². The van der Waals surface area contributed by atoms with Crippen LogP contribution >= 0.6 is 11.3 Å². The van der Waals surface area contributed by atoms with Crippen LogP contribution in [0.3, 0.4) is 0 Å². The van der Waals surface area contributed by atoms with E-state index in [-0.39, 0.29) is 17.6 Å². The monoisotopic (exact) mass is 479 g/mol. The number of rotatable bonds is 7. The van der Waals surface area contributed by atoms with Gasteiger partial charge in [-0.3, -0.25) is 4.79 Å². The Hall–Kier alpha value is -3.46. The van der Waals surface area contributed by atoms with E-state index in [1.54, 1.807) is 16.6 Å². The van der Waals surface area contributed by atoms with Gasteiger partial charge in [0, 0.05) is 25.2 Å². The van der Waals surface area contributed by atoms with E-state index in [2.05, 4.69) is 15.2 Å². The van der Waals surface area contributed by atoms with E-state index in [9.17, 15) is 9.18 Å². The number of piperidine rings is 1. The van der Waals surface area contributed by atoms with E-state index in [4.69, 9.17) is 9.84 Å². The van der Waals surface area contributed by atoms with Crippen LogP contribution in [-0.2, 0) is 11.3 Å². The predicted molar refractivity (Wildman–Crippen MR) is 131 cm³/mol. The third kappa shape index (κ3) is 4.89. The zero-order valence-corrected chi connectivity index (χ0v) is 19.7. The van der Waals surface area contributed by atoms with E-state index < -0.39 is 0 Å². The highest BCUT2D eigenvalue weighted by Gasteiger charge is 2.28. The average molecular weight is 480 g/mol. The van der Waals surface area contributed by atoms with Crippen LogP contribution in [0.4, 0.5) is 9.52 Å². The van der Waals surface area contributed by atoms with Crippen LogP contribution in [0.2, 0.25) is 0 Å². The van der Waals surface area contributed by atoms with Crippen molar-refractivity contribution < 1.29 is 13.9 Å². The number of anilines is 1. The summed E-state index contributed by atoms with van der Waals surface area (Å²) in [5, 5.41) is 8.63. The Labute approximate surface area is 201 Å². The molecule has 1 N–H and O–H groups in total. The molecule has 2 aromatic carbocycles. The SMILES string of the molecule is CCOc1ccc(CNC(=O)[C@H]2CCCN(c3nn4cc(-c5ccc(F)cc5)nc4s3)C2)cc1. The number of amides is 1. The van der Waals surface area contributed by atoms with Crippen LogP contribution in [0.1, 0.15) is 25.3 Å². The topological polar surface area (TPSA) is 71.8 Å². The number of aromatic nitrogens is 3. The first kappa shape index (κ1) is 22.3. The minimum absolute atomic E-state index is 0.0681. The maximum atomic E-state index is 13.2. The summed E-state index contributed by atoms with van der Waals surface area (Å²) in [5.41, 5.74) is 2.65. The van der Waals surface area contributed by atoms with Gasteiger partial charge < -0.3 is 15.0 Å². The molecule has 1 fully saturated rings. The second-order valence-corrected chi connectivity index (χ2v) is 9.26. The second-order valence-electron chi connectivity index (χ2n) is 8.32. The number of nitrogens with one attached hydrogen (secondary N) is 1. The Morgan fingerprint density at radius 3 is 2.74 bits per heavy atom. The molecule has 3 heterocycles. The van der Waals surface area contributed by atoms with Gasteiger partial charge in [0.25, 0.3) is 0 Å². The summed E-state index contributed by atoms with van der Waals surface area (Å²) in [6, 6.07) is 14.1. The minimum atomic E-state index is -0.270. The molecule has 1 amide bonds. The number of hydrogen-bond donors (Lipinski definition) is 1. The summed E-state index contributed by atoms with van der Waals surface area (Å²) < 4.78 is 20.4. The van der Waals surface area contributed by atoms with Crippen LogP contribution < -0.4 is 15.0 Å². The molecule has 34 heavy (non-hydrogen) atoms. The third-order valence-corrected chi connectivity index (χ3v) is 6.92. The lowest BCUT2D eigenvalue weighted by molar-refractivity contribution is -0.125. The molecule has 1 aliphatic rings. The first-order chi connectivity index (χ1) is 16.6. The lowest BCUT2D eigenvalue weighted by Crippen LogP contribution is -2.43. The fourth-order valence-electron chi connectivity index (χ4n) is 4.15. The van der Waals surface area contributed by atoms with Crippen LogP contribution in [0.5, 0.6) is 5.75 Å². The van der Waals surface area contributed by atoms with Gasteiger partial charge in [0.05, 0.1) is 24.4 Å². The number of fused-ring (bicyclic) bond motifs is 1. The molecule has 4 aromatic rings. The molecule has 0 spiro atoms. The van der Waals surface area contributed by atoms with Gasteiger partial charge in [-0.25, -0.2) is 13.9 Å². The van der Waals surface area contributed by atoms with Crippen LogP contribution in [-0.4, -0.2) is 40.2 Å². The van der Waals surface area contributed by atoms with Crippen molar-refractivity contribution in [3.63, 3.8) is 0 Å². The molecule has 0 bridgehead atoms. The van der Waals surface area contributed by atoms with Gasteiger partial charge in [-0.15, -0.1) is 5.10 Å². The Balaban J connectivity index is 1.20. The molecule has 0 aliphatic carbocycles. The first-order valence-corrected chi connectivity index (χ1v) is 12.3. The largest absolute Gasteiger partial charge is 0.494 e. The molecular weight excluding hydrogens is 453 g/mol. The molecule has 7 nitrogen and oxygen atoms in total. The molecule has 0 saturated carbocycles. The number of ether oxygens (including phenoxy) is 1. The molecule has 1 saturated heterocycles. The van der Waals surface area contributed by atoms with Gasteiger partial charge in [-0.1, -0.05) is 23.5 Å². The first-order valence-electron chi connectivity index (χ1n) is 11.5. The quantitative estimate of drug-likeness (QED) is 0.422. The summed E-state index contributed by atoms with van der Waals surface area (Å²) >= 11 is 1.50. The fraction of sp³-hybridized carbons (Fsp3) is 0.320. The standard InChI is InChI=1S/C25H26FN5O2S/c1-2-33-21-11-5-17(6-12-21)14-27-23(32)19-4-3-13-30(15-19)25-29-31-16-22(28-24(31)34-25)18-7-9-20(26)10-8-18/h5-12,16,19H,2-4,13-15H2,1H3,(H,27,32)/t19-/m0/s1. The molecule has 5 rings (SSSR count). The fourth-order valence-corrected chi connectivity index (χ4v) is 5.06. The maximum Gasteiger partial charge on any atom is 0.225 e. The molecule has 0 unspecified atom stereocenters. The van der Waals surface area contributed by atoms with E-state index >= 15 is 0 Å². The molecular formula is C25H26FN5O2S. The molecule has 1 aliphatic heterocycles. The van der Waals surface area contributed by atoms with Gasteiger partial charge in [-0.2, -0.15) is 0 Å². The van der Waals surface area contributed by atoms with Gasteiger partial charge >= 0.3 is 0 Å². The number of hydrogen-bond acceptors (Lipinski definition) is 6. The van der Waals surface area contributed by atoms with Gasteiger partial charge in [0.1, 0.15) is 11.6 Å². The summed E-state index contributed by atoms with van der Waals surface area (Å²) in [6.45, 7) is 4.59. The average Bonchev–Trinajstić information content (AvgIpc) is 3.44. The highest BCUT2D eigenvalue weighted by molar-refractivity contribution is 7.20. The van der Waals surface area contributed by atoms with Crippen molar-refractivity contribution in [1.82, 2.24) is 19.9 Å². The Morgan fingerprint density at radius 2 is 2.00 bits per heavy atom. The number of nitrogens with zero attached hydrogens (tertiary/aromatic N) is 4. The van der Waals surface area contributed by atoms with E-state index in [0.29, 0.717) is 19.7 Å². The van der Waals surface area contributed by atoms with Crippen molar-refractivity contribution in [3.05, 3.63) is 66.1 Å². The normalized spacial score (nSPS) is 16.1. The highest BCUT2D eigenvalue weighted by Crippen LogP contribution is 2.30. The predicted octanol–water partition coefficient (Wildman–Crippen LogP) is 4.53. The lowest BCUT2D eigenvalue weighted by atomic mass is 9.97. The Morgan fingerprint density at radius 1 is 1.21 bits per heavy atom. The maximum absolute atomic E-state index is 13.2. The molecule has 9 heteroatoms. The third-order valence-electron chi connectivity index (χ3n) is 5.94. The number of carbonyl (C=O) groups excluding carboxylic acids is 1. The molecule has 0 radical (unpaired) electrons. The van der Waals surface area contributed by atoms with Crippen molar-refractivity contribution >= 4 is 27.3 Å². The van der Waals surface area contributed by atoms with Crippen molar-refractivity contribution in [1.29, 1.82) is 0 Å². The molecule has 176 valence electrons. The number of benzene rings is 2. The number of halogens is 1. The lowest BCUT2D eigenvalue weighted by Gasteiger charge is -2.31. The van der Waals surface area contributed by atoms with E-state index in [0.717, 1.165) is 52.0 Å². The van der Waals surface area contributed by atoms with Gasteiger partial charge in [0.2, 0.25) is 16.0 Å². The van der Waals surface area contributed by atoms with Gasteiger partial charge in [-0.05, 0) is 61.7 Å². The Kier molecular flexibility index (Phi) is 6.44. The second kappa shape index (κ2) is 9.80. The van der Waals surface area contributed by atoms with Crippen molar-refractivity contribution in [3.8, 4) is 17.0 Å². The summed E-state index contributed by atoms with van der Waals surface area (Å²) in [6.07, 6.45) is 3.65. The highest BCUT2D eigenvalue weighted by atomic mass is 32.1. The minimum Gasteiger partial charge on any atom is -0.494 e. The number of carbonyl (C=O) groups is 1. The van der Waals surface area contributed by atoms with Crippen molar-refractivity contribution in [2.45, 2.75) is 26.3 Å². The summed E-state index contributed by atoms with van der Waals surface area (Å²) in [4.78, 5) is 20.4. The van der Waals surface area contributed by atoms with Crippen molar-refractivity contribution in [2.24, 2.45) is 5.92 Å².